The third kappa shape index (κ3) is 10.6. The van der Waals surface area contributed by atoms with Crippen LogP contribution in [-0.2, 0) is 41.6 Å². The zero-order valence-electron chi connectivity index (χ0n) is 31.6. The van der Waals surface area contributed by atoms with Gasteiger partial charge in [-0.3, -0.25) is 19.2 Å². The minimum Gasteiger partial charge on any atom is -0.467 e. The van der Waals surface area contributed by atoms with E-state index in [9.17, 15) is 24.0 Å². The summed E-state index contributed by atoms with van der Waals surface area (Å²) in [5.74, 6) is -1.60. The average molecular weight is 786 g/mol. The summed E-state index contributed by atoms with van der Waals surface area (Å²) in [6, 6.07) is 25.6. The average Bonchev–Trinajstić information content (AvgIpc) is 3.48. The number of amides is 3. The molecule has 0 aromatic heterocycles. The van der Waals surface area contributed by atoms with Crippen LogP contribution in [0.25, 0.3) is 0 Å². The first-order valence-corrected chi connectivity index (χ1v) is 21.1. The molecule has 3 aliphatic heterocycles. The number of hydrogen-bond acceptors (Lipinski definition) is 7. The summed E-state index contributed by atoms with van der Waals surface area (Å²) in [5.41, 5.74) is 2.77. The zero-order valence-corrected chi connectivity index (χ0v) is 33.1. The highest BCUT2D eigenvalue weighted by atomic mass is 35.5. The number of fused-ring (bicyclic) bond motifs is 1. The fourth-order valence-corrected chi connectivity index (χ4v) is 9.88. The van der Waals surface area contributed by atoms with E-state index >= 15 is 0 Å². The van der Waals surface area contributed by atoms with Crippen LogP contribution < -0.4 is 10.2 Å². The van der Waals surface area contributed by atoms with Crippen molar-refractivity contribution < 1.29 is 28.7 Å². The summed E-state index contributed by atoms with van der Waals surface area (Å²) in [6.07, 6.45) is 6.86. The van der Waals surface area contributed by atoms with Crippen molar-refractivity contribution in [3.05, 3.63) is 101 Å². The van der Waals surface area contributed by atoms with Crippen molar-refractivity contribution >= 4 is 58.5 Å². The molecule has 292 valence electrons. The van der Waals surface area contributed by atoms with E-state index in [0.29, 0.717) is 56.5 Å². The summed E-state index contributed by atoms with van der Waals surface area (Å²) in [4.78, 5) is 72.9. The van der Waals surface area contributed by atoms with Crippen LogP contribution in [0.1, 0.15) is 75.3 Å². The van der Waals surface area contributed by atoms with Crippen LogP contribution in [0.2, 0.25) is 5.02 Å². The third-order valence-corrected chi connectivity index (χ3v) is 12.9. The predicted molar refractivity (Wildman–Crippen MR) is 217 cm³/mol. The highest BCUT2D eigenvalue weighted by Gasteiger charge is 2.44. The van der Waals surface area contributed by atoms with E-state index in [2.05, 4.69) is 5.32 Å². The number of rotatable bonds is 14. The molecule has 11 heteroatoms. The Hall–Kier alpha value is -4.15. The zero-order chi connectivity index (χ0) is 38.7. The molecule has 0 radical (unpaired) electrons. The second kappa shape index (κ2) is 19.6. The smallest absolute Gasteiger partial charge is 0.328 e. The quantitative estimate of drug-likeness (QED) is 0.169. The first kappa shape index (κ1) is 40.5. The molecule has 3 heterocycles. The van der Waals surface area contributed by atoms with E-state index in [1.165, 1.54) is 7.11 Å². The molecule has 3 aliphatic rings. The van der Waals surface area contributed by atoms with Gasteiger partial charge in [-0.15, -0.1) is 11.8 Å². The number of nitrogens with one attached hydrogen (secondary N) is 1. The van der Waals surface area contributed by atoms with Gasteiger partial charge in [-0.2, -0.15) is 0 Å². The molecule has 0 bridgehead atoms. The predicted octanol–water partition coefficient (Wildman–Crippen LogP) is 7.43. The van der Waals surface area contributed by atoms with E-state index in [1.54, 1.807) is 33.7 Å². The molecule has 55 heavy (non-hydrogen) atoms. The van der Waals surface area contributed by atoms with Gasteiger partial charge in [0.1, 0.15) is 17.9 Å². The number of esters is 1. The Morgan fingerprint density at radius 2 is 1.45 bits per heavy atom. The van der Waals surface area contributed by atoms with Crippen LogP contribution in [0.3, 0.4) is 0 Å². The van der Waals surface area contributed by atoms with Gasteiger partial charge in [-0.1, -0.05) is 72.3 Å². The molecule has 3 amide bonds. The first-order valence-electron chi connectivity index (χ1n) is 19.7. The molecule has 0 spiro atoms. The number of piperidine rings is 1. The lowest BCUT2D eigenvalue weighted by atomic mass is 9.82. The van der Waals surface area contributed by atoms with Crippen molar-refractivity contribution in [2.75, 3.05) is 24.3 Å². The molecule has 3 saturated heterocycles. The summed E-state index contributed by atoms with van der Waals surface area (Å²) in [6.45, 7) is 0.563. The number of ether oxygens (including phenoxy) is 1. The van der Waals surface area contributed by atoms with Gasteiger partial charge in [0.05, 0.1) is 12.5 Å². The molecule has 9 nitrogen and oxygen atoms in total. The van der Waals surface area contributed by atoms with Crippen LogP contribution >= 0.6 is 23.4 Å². The van der Waals surface area contributed by atoms with Gasteiger partial charge in [-0.25, -0.2) is 4.79 Å². The van der Waals surface area contributed by atoms with Crippen molar-refractivity contribution in [2.24, 2.45) is 17.8 Å². The number of benzene rings is 3. The Balaban J connectivity index is 1.20. The van der Waals surface area contributed by atoms with Crippen molar-refractivity contribution in [1.82, 2.24) is 10.2 Å². The van der Waals surface area contributed by atoms with E-state index in [0.717, 1.165) is 48.3 Å². The van der Waals surface area contributed by atoms with Gasteiger partial charge in [0.2, 0.25) is 17.7 Å². The van der Waals surface area contributed by atoms with Crippen LogP contribution in [0.5, 0.6) is 0 Å². The van der Waals surface area contributed by atoms with E-state index in [4.69, 9.17) is 16.3 Å². The van der Waals surface area contributed by atoms with Gasteiger partial charge in [0, 0.05) is 41.4 Å². The topological polar surface area (TPSA) is 113 Å². The van der Waals surface area contributed by atoms with Crippen molar-refractivity contribution in [2.45, 2.75) is 94.5 Å². The fourth-order valence-electron chi connectivity index (χ4n) is 8.31. The molecule has 1 N–H and O–H groups in total. The Bertz CT molecular complexity index is 1780. The lowest BCUT2D eigenvalue weighted by Gasteiger charge is -2.40. The maximum absolute atomic E-state index is 14.4. The maximum Gasteiger partial charge on any atom is 0.328 e. The summed E-state index contributed by atoms with van der Waals surface area (Å²) >= 11 is 7.81. The minimum atomic E-state index is -0.669. The number of methoxy groups -OCH3 is 1. The van der Waals surface area contributed by atoms with Gasteiger partial charge >= 0.3 is 5.97 Å². The lowest BCUT2D eigenvalue weighted by Crippen LogP contribution is -2.53. The molecular weight excluding hydrogens is 734 g/mol. The second-order valence-electron chi connectivity index (χ2n) is 15.1. The molecule has 0 aliphatic carbocycles. The van der Waals surface area contributed by atoms with Crippen molar-refractivity contribution in [3.63, 3.8) is 0 Å². The van der Waals surface area contributed by atoms with Crippen molar-refractivity contribution in [3.8, 4) is 0 Å². The third-order valence-electron chi connectivity index (χ3n) is 11.4. The SMILES string of the molecule is COC(=O)[C@@H]1CCC[C@@H]2SCC[C@H](CC(=O)[C@H](CC[C@H](Cc3ccccc3)C(=O)N[C@H]3CCCCN(c4ccc(Cl)cc4)C3=O)Cc3ccccc3)C(=O)N21. The fraction of sp³-hybridized carbons (Fsp3) is 0.477. The van der Waals surface area contributed by atoms with Crippen LogP contribution in [-0.4, -0.2) is 71.2 Å². The standard InChI is InChI=1S/C44H52ClN3O6S/c1-54-44(53)38-16-10-17-40-48(38)42(51)34(24-26-55-40)29-39(49)32(27-30-11-4-2-5-12-30)18-19-33(28-31-13-6-3-7-14-31)41(50)46-37-15-8-9-25-47(43(37)52)36-22-20-35(45)21-23-36/h2-7,11-14,20-23,32-34,37-38,40H,8-10,15-19,24-29H2,1H3,(H,46,50)/t32-,33-,34-,37+,38+,40+/m1/s1. The monoisotopic (exact) mass is 785 g/mol. The van der Waals surface area contributed by atoms with Gasteiger partial charge in [0.25, 0.3) is 0 Å². The van der Waals surface area contributed by atoms with E-state index in [1.807, 2.05) is 72.8 Å². The molecule has 6 rings (SSSR count). The number of ketones is 1. The van der Waals surface area contributed by atoms with Crippen LogP contribution in [0.15, 0.2) is 84.9 Å². The number of thioether (sulfide) groups is 1. The number of Topliss-reactive ketones (excluding diaryl/α,β-unsaturated/α-hetero) is 1. The highest BCUT2D eigenvalue weighted by molar-refractivity contribution is 7.99. The van der Waals surface area contributed by atoms with Gasteiger partial charge < -0.3 is 19.9 Å². The Kier molecular flexibility index (Phi) is 14.5. The molecular formula is C44H52ClN3O6S. The van der Waals surface area contributed by atoms with Gasteiger partial charge in [0.15, 0.2) is 0 Å². The van der Waals surface area contributed by atoms with E-state index in [-0.39, 0.29) is 35.3 Å². The minimum absolute atomic E-state index is 0.00583. The maximum atomic E-state index is 14.4. The number of carbonyl (C=O) groups is 5. The van der Waals surface area contributed by atoms with Crippen LogP contribution in [0, 0.1) is 17.8 Å². The Morgan fingerprint density at radius 1 is 0.800 bits per heavy atom. The second-order valence-corrected chi connectivity index (χ2v) is 16.8. The number of carbonyl (C=O) groups excluding carboxylic acids is 5. The molecule has 3 aromatic carbocycles. The number of halogens is 1. The molecule has 3 aromatic rings. The summed E-state index contributed by atoms with van der Waals surface area (Å²) < 4.78 is 5.09. The molecule has 0 unspecified atom stereocenters. The highest BCUT2D eigenvalue weighted by Crippen LogP contribution is 2.38. The normalized spacial score (nSPS) is 22.8. The molecule has 6 atom stereocenters. The van der Waals surface area contributed by atoms with Crippen LogP contribution in [0.4, 0.5) is 5.69 Å². The molecule has 3 fully saturated rings. The first-order chi connectivity index (χ1) is 26.7. The Labute approximate surface area is 333 Å². The lowest BCUT2D eigenvalue weighted by molar-refractivity contribution is -0.157. The van der Waals surface area contributed by atoms with E-state index < -0.39 is 35.8 Å². The number of anilines is 1. The number of hydrogen-bond donors (Lipinski definition) is 1. The summed E-state index contributed by atoms with van der Waals surface area (Å²) in [7, 11) is 1.35. The Morgan fingerprint density at radius 3 is 2.13 bits per heavy atom. The largest absolute Gasteiger partial charge is 0.467 e. The molecule has 0 saturated carbocycles. The van der Waals surface area contributed by atoms with Gasteiger partial charge in [-0.05, 0) is 112 Å². The summed E-state index contributed by atoms with van der Waals surface area (Å²) in [5, 5.41) is 3.63. The number of nitrogens with zero attached hydrogens (tertiary/aromatic N) is 2. The van der Waals surface area contributed by atoms with Crippen molar-refractivity contribution in [1.29, 1.82) is 0 Å².